The van der Waals surface area contributed by atoms with Crippen LogP contribution < -0.4 is 10.5 Å². The molecule has 0 aliphatic heterocycles. The van der Waals surface area contributed by atoms with Crippen molar-refractivity contribution in [2.75, 3.05) is 0 Å². The van der Waals surface area contributed by atoms with Gasteiger partial charge in [0.1, 0.15) is 5.75 Å². The number of rotatable bonds is 6. The molecular weight excluding hydrogens is 250 g/mol. The van der Waals surface area contributed by atoms with Gasteiger partial charge in [0.05, 0.1) is 12.3 Å². The molecule has 2 aromatic heterocycles. The third-order valence-electron chi connectivity index (χ3n) is 3.00. The summed E-state index contributed by atoms with van der Waals surface area (Å²) >= 11 is 0. The minimum atomic E-state index is -0.0431. The van der Waals surface area contributed by atoms with E-state index in [4.69, 9.17) is 10.5 Å². The molecule has 0 spiro atoms. The van der Waals surface area contributed by atoms with Crippen molar-refractivity contribution in [3.05, 3.63) is 54.1 Å². The predicted octanol–water partition coefficient (Wildman–Crippen LogP) is 2.90. The zero-order chi connectivity index (χ0) is 14.4. The molecule has 0 bridgehead atoms. The number of hydrogen-bond acceptors (Lipinski definition) is 4. The number of aromatic nitrogens is 2. The van der Waals surface area contributed by atoms with Gasteiger partial charge in [-0.2, -0.15) is 0 Å². The lowest BCUT2D eigenvalue weighted by atomic mass is 10.0. The summed E-state index contributed by atoms with van der Waals surface area (Å²) in [5.41, 5.74) is 8.43. The third kappa shape index (κ3) is 4.31. The molecule has 20 heavy (non-hydrogen) atoms. The molecule has 0 saturated heterocycles. The van der Waals surface area contributed by atoms with Gasteiger partial charge in [0.15, 0.2) is 0 Å². The lowest BCUT2D eigenvalue weighted by Crippen LogP contribution is -2.13. The highest BCUT2D eigenvalue weighted by atomic mass is 16.5. The number of ether oxygens (including phenoxy) is 1. The van der Waals surface area contributed by atoms with Gasteiger partial charge < -0.3 is 10.5 Å². The largest absolute Gasteiger partial charge is 0.489 e. The Labute approximate surface area is 120 Å². The van der Waals surface area contributed by atoms with Crippen molar-refractivity contribution in [2.45, 2.75) is 38.8 Å². The first-order valence-corrected chi connectivity index (χ1v) is 6.91. The van der Waals surface area contributed by atoms with E-state index in [1.807, 2.05) is 32.2 Å². The first-order chi connectivity index (χ1) is 9.65. The summed E-state index contributed by atoms with van der Waals surface area (Å²) in [7, 11) is 0. The number of pyridine rings is 2. The van der Waals surface area contributed by atoms with Gasteiger partial charge in [-0.15, -0.1) is 0 Å². The van der Waals surface area contributed by atoms with Crippen LogP contribution in [0.4, 0.5) is 0 Å². The maximum absolute atomic E-state index is 6.23. The molecule has 1 unspecified atom stereocenters. The van der Waals surface area contributed by atoms with Crippen molar-refractivity contribution in [1.82, 2.24) is 9.97 Å². The third-order valence-corrected chi connectivity index (χ3v) is 3.00. The average molecular weight is 271 g/mol. The van der Waals surface area contributed by atoms with E-state index in [2.05, 4.69) is 16.0 Å². The van der Waals surface area contributed by atoms with E-state index in [-0.39, 0.29) is 12.1 Å². The van der Waals surface area contributed by atoms with Gasteiger partial charge in [0.2, 0.25) is 0 Å². The molecule has 2 N–H and O–H groups in total. The SMILES string of the molecule is CC(C)Oc1cncc(C(N)CCc2cccnc2)c1. The van der Waals surface area contributed by atoms with Gasteiger partial charge in [-0.3, -0.25) is 9.97 Å². The molecule has 2 rings (SSSR count). The van der Waals surface area contributed by atoms with Crippen LogP contribution in [0.2, 0.25) is 0 Å². The standard InChI is InChI=1S/C16H21N3O/c1-12(2)20-15-8-14(10-19-11-15)16(17)6-5-13-4-3-7-18-9-13/h3-4,7-12,16H,5-6,17H2,1-2H3. The fourth-order valence-corrected chi connectivity index (χ4v) is 2.01. The molecule has 0 amide bonds. The molecule has 1 atom stereocenters. The molecule has 4 heteroatoms. The van der Waals surface area contributed by atoms with Crippen molar-refractivity contribution >= 4 is 0 Å². The first kappa shape index (κ1) is 14.5. The molecule has 0 aliphatic carbocycles. The molecule has 106 valence electrons. The molecule has 0 aromatic carbocycles. The summed E-state index contributed by atoms with van der Waals surface area (Å²) < 4.78 is 5.64. The van der Waals surface area contributed by atoms with Gasteiger partial charge >= 0.3 is 0 Å². The quantitative estimate of drug-likeness (QED) is 0.877. The van der Waals surface area contributed by atoms with Crippen LogP contribution in [0.1, 0.15) is 37.4 Å². The van der Waals surface area contributed by atoms with Crippen LogP contribution in [0.5, 0.6) is 5.75 Å². The van der Waals surface area contributed by atoms with Crippen LogP contribution in [-0.2, 0) is 6.42 Å². The molecule has 2 heterocycles. The van der Waals surface area contributed by atoms with Crippen LogP contribution in [0.25, 0.3) is 0 Å². The number of nitrogens with zero attached hydrogens (tertiary/aromatic N) is 2. The van der Waals surface area contributed by atoms with E-state index in [0.717, 1.165) is 24.2 Å². The lowest BCUT2D eigenvalue weighted by molar-refractivity contribution is 0.241. The van der Waals surface area contributed by atoms with Crippen LogP contribution in [-0.4, -0.2) is 16.1 Å². The Morgan fingerprint density at radius 3 is 2.75 bits per heavy atom. The van der Waals surface area contributed by atoms with Crippen LogP contribution >= 0.6 is 0 Å². The second-order valence-electron chi connectivity index (χ2n) is 5.13. The highest BCUT2D eigenvalue weighted by Gasteiger charge is 2.09. The van der Waals surface area contributed by atoms with Gasteiger partial charge in [-0.1, -0.05) is 6.07 Å². The number of aryl methyl sites for hydroxylation is 1. The Balaban J connectivity index is 1.96. The fraction of sp³-hybridized carbons (Fsp3) is 0.375. The normalized spacial score (nSPS) is 12.4. The summed E-state index contributed by atoms with van der Waals surface area (Å²) in [6.07, 6.45) is 9.09. The van der Waals surface area contributed by atoms with Gasteiger partial charge in [0.25, 0.3) is 0 Å². The second-order valence-corrected chi connectivity index (χ2v) is 5.13. The van der Waals surface area contributed by atoms with Gasteiger partial charge in [-0.05, 0) is 49.9 Å². The van der Waals surface area contributed by atoms with E-state index >= 15 is 0 Å². The predicted molar refractivity (Wildman–Crippen MR) is 79.5 cm³/mol. The fourth-order valence-electron chi connectivity index (χ4n) is 2.01. The summed E-state index contributed by atoms with van der Waals surface area (Å²) in [4.78, 5) is 8.31. The van der Waals surface area contributed by atoms with Crippen molar-refractivity contribution in [3.63, 3.8) is 0 Å². The summed E-state index contributed by atoms with van der Waals surface area (Å²) in [5, 5.41) is 0. The zero-order valence-corrected chi connectivity index (χ0v) is 12.0. The average Bonchev–Trinajstić information content (AvgIpc) is 2.45. The van der Waals surface area contributed by atoms with E-state index in [1.165, 1.54) is 5.56 Å². The Kier molecular flexibility index (Phi) is 5.07. The molecule has 0 aliphatic rings. The maximum atomic E-state index is 6.23. The zero-order valence-electron chi connectivity index (χ0n) is 12.0. The van der Waals surface area contributed by atoms with E-state index in [0.29, 0.717) is 0 Å². The van der Waals surface area contributed by atoms with E-state index in [9.17, 15) is 0 Å². The highest BCUT2D eigenvalue weighted by molar-refractivity contribution is 5.26. The van der Waals surface area contributed by atoms with Gasteiger partial charge in [0, 0.05) is 24.6 Å². The number of nitrogens with two attached hydrogens (primary N) is 1. The lowest BCUT2D eigenvalue weighted by Gasteiger charge is -2.14. The van der Waals surface area contributed by atoms with Crippen LogP contribution in [0.15, 0.2) is 43.0 Å². The van der Waals surface area contributed by atoms with Crippen LogP contribution in [0, 0.1) is 0 Å². The second kappa shape index (κ2) is 7.01. The van der Waals surface area contributed by atoms with Crippen molar-refractivity contribution in [1.29, 1.82) is 0 Å². The summed E-state index contributed by atoms with van der Waals surface area (Å²) in [5.74, 6) is 0.773. The Bertz CT molecular complexity index is 528. The van der Waals surface area contributed by atoms with Crippen molar-refractivity contribution < 1.29 is 4.74 Å². The molecule has 0 fully saturated rings. The highest BCUT2D eigenvalue weighted by Crippen LogP contribution is 2.20. The molecule has 2 aromatic rings. The smallest absolute Gasteiger partial charge is 0.138 e. The van der Waals surface area contributed by atoms with E-state index in [1.54, 1.807) is 18.6 Å². The Morgan fingerprint density at radius 1 is 1.20 bits per heavy atom. The maximum Gasteiger partial charge on any atom is 0.138 e. The summed E-state index contributed by atoms with van der Waals surface area (Å²) in [6, 6.07) is 5.94. The molecule has 4 nitrogen and oxygen atoms in total. The summed E-state index contributed by atoms with van der Waals surface area (Å²) in [6.45, 7) is 3.99. The Hall–Kier alpha value is -1.94. The van der Waals surface area contributed by atoms with Crippen molar-refractivity contribution in [2.24, 2.45) is 5.73 Å². The topological polar surface area (TPSA) is 61.0 Å². The van der Waals surface area contributed by atoms with Crippen LogP contribution in [0.3, 0.4) is 0 Å². The molecule has 0 saturated carbocycles. The van der Waals surface area contributed by atoms with Crippen molar-refractivity contribution in [3.8, 4) is 5.75 Å². The van der Waals surface area contributed by atoms with E-state index < -0.39 is 0 Å². The monoisotopic (exact) mass is 271 g/mol. The molecule has 0 radical (unpaired) electrons. The minimum Gasteiger partial charge on any atom is -0.489 e. The minimum absolute atomic E-state index is 0.0431. The molecular formula is C16H21N3O. The van der Waals surface area contributed by atoms with Gasteiger partial charge in [-0.25, -0.2) is 0 Å². The number of hydrogen-bond donors (Lipinski definition) is 1. The Morgan fingerprint density at radius 2 is 2.05 bits per heavy atom. The first-order valence-electron chi connectivity index (χ1n) is 6.91.